The standard InChI is InChI=1S/C10H10N2O2S/c1-6-3-4-8-7(5-6)9(13)10(12-11-8)15(2)14/h3-5H,1-2H3,(H,11,13)/t15-/m1/s1. The van der Waals surface area contributed by atoms with Crippen LogP contribution in [0.1, 0.15) is 5.56 Å². The molecule has 15 heavy (non-hydrogen) atoms. The van der Waals surface area contributed by atoms with Crippen molar-refractivity contribution in [2.45, 2.75) is 11.9 Å². The molecule has 0 aliphatic heterocycles. The molecule has 2 rings (SSSR count). The number of H-pyrrole nitrogens is 1. The van der Waals surface area contributed by atoms with E-state index >= 15 is 0 Å². The molecule has 0 unspecified atom stereocenters. The topological polar surface area (TPSA) is 62.8 Å². The van der Waals surface area contributed by atoms with Crippen LogP contribution in [0.5, 0.6) is 0 Å². The van der Waals surface area contributed by atoms with Crippen molar-refractivity contribution in [1.82, 2.24) is 10.2 Å². The summed E-state index contributed by atoms with van der Waals surface area (Å²) in [6.45, 7) is 1.90. The Morgan fingerprint density at radius 1 is 1.40 bits per heavy atom. The fraction of sp³-hybridized carbons (Fsp3) is 0.200. The van der Waals surface area contributed by atoms with Gasteiger partial charge in [0.05, 0.1) is 21.7 Å². The number of aromatic amines is 1. The molecule has 1 atom stereocenters. The van der Waals surface area contributed by atoms with Crippen LogP contribution in [0.15, 0.2) is 28.0 Å². The predicted octanol–water partition coefficient (Wildman–Crippen LogP) is 0.969. The van der Waals surface area contributed by atoms with Gasteiger partial charge in [-0.25, -0.2) is 0 Å². The van der Waals surface area contributed by atoms with Crippen LogP contribution in [-0.4, -0.2) is 20.7 Å². The molecule has 2 aromatic rings. The molecule has 0 aliphatic rings. The molecule has 1 aromatic heterocycles. The quantitative estimate of drug-likeness (QED) is 0.782. The molecule has 4 nitrogen and oxygen atoms in total. The lowest BCUT2D eigenvalue weighted by molar-refractivity contribution is 0.681. The van der Waals surface area contributed by atoms with E-state index in [9.17, 15) is 9.00 Å². The number of aromatic nitrogens is 2. The van der Waals surface area contributed by atoms with Gasteiger partial charge in [-0.3, -0.25) is 14.1 Å². The maximum atomic E-state index is 11.8. The third-order valence-electron chi connectivity index (χ3n) is 2.16. The predicted molar refractivity (Wildman–Crippen MR) is 59.4 cm³/mol. The number of aryl methyl sites for hydroxylation is 1. The van der Waals surface area contributed by atoms with E-state index in [1.54, 1.807) is 12.1 Å². The van der Waals surface area contributed by atoms with Gasteiger partial charge in [0.1, 0.15) is 0 Å². The average molecular weight is 222 g/mol. The number of rotatable bonds is 1. The summed E-state index contributed by atoms with van der Waals surface area (Å²) in [7, 11) is -1.36. The zero-order chi connectivity index (χ0) is 11.0. The minimum Gasteiger partial charge on any atom is -0.286 e. The zero-order valence-electron chi connectivity index (χ0n) is 8.40. The average Bonchev–Trinajstić information content (AvgIpc) is 2.19. The Labute approximate surface area is 88.8 Å². The third-order valence-corrected chi connectivity index (χ3v) is 2.99. The first-order valence-electron chi connectivity index (χ1n) is 4.42. The largest absolute Gasteiger partial charge is 0.286 e. The van der Waals surface area contributed by atoms with E-state index in [0.29, 0.717) is 10.9 Å². The van der Waals surface area contributed by atoms with Gasteiger partial charge >= 0.3 is 0 Å². The SMILES string of the molecule is Cc1ccc2[nH]nc([S@@](C)=O)c(=O)c2c1. The molecule has 0 fully saturated rings. The van der Waals surface area contributed by atoms with Crippen LogP contribution in [0.3, 0.4) is 0 Å². The summed E-state index contributed by atoms with van der Waals surface area (Å²) in [5.41, 5.74) is 1.40. The van der Waals surface area contributed by atoms with Crippen LogP contribution < -0.4 is 5.43 Å². The number of fused-ring (bicyclic) bond motifs is 1. The van der Waals surface area contributed by atoms with Crippen molar-refractivity contribution in [1.29, 1.82) is 0 Å². The molecule has 0 aliphatic carbocycles. The molecule has 5 heteroatoms. The highest BCUT2D eigenvalue weighted by molar-refractivity contribution is 7.84. The Morgan fingerprint density at radius 3 is 2.80 bits per heavy atom. The van der Waals surface area contributed by atoms with Crippen molar-refractivity contribution < 1.29 is 4.21 Å². The van der Waals surface area contributed by atoms with Gasteiger partial charge < -0.3 is 0 Å². The lowest BCUT2D eigenvalue weighted by Gasteiger charge is -2.00. The normalized spacial score (nSPS) is 12.9. The monoisotopic (exact) mass is 222 g/mol. The van der Waals surface area contributed by atoms with Crippen molar-refractivity contribution >= 4 is 21.7 Å². The fourth-order valence-corrected chi connectivity index (χ4v) is 1.96. The lowest BCUT2D eigenvalue weighted by atomic mass is 10.1. The summed E-state index contributed by atoms with van der Waals surface area (Å²) in [5, 5.41) is 7.14. The molecule has 1 heterocycles. The molecule has 1 N–H and O–H groups in total. The van der Waals surface area contributed by atoms with Crippen LogP contribution >= 0.6 is 0 Å². The maximum Gasteiger partial charge on any atom is 0.224 e. The second-order valence-electron chi connectivity index (χ2n) is 3.36. The van der Waals surface area contributed by atoms with E-state index in [-0.39, 0.29) is 10.5 Å². The third kappa shape index (κ3) is 1.70. The first-order chi connectivity index (χ1) is 7.09. The van der Waals surface area contributed by atoms with E-state index in [1.807, 2.05) is 13.0 Å². The Hall–Kier alpha value is -1.49. The molecule has 78 valence electrons. The van der Waals surface area contributed by atoms with Crippen molar-refractivity contribution in [2.75, 3.05) is 6.26 Å². The van der Waals surface area contributed by atoms with Gasteiger partial charge in [-0.05, 0) is 19.1 Å². The van der Waals surface area contributed by atoms with Crippen LogP contribution in [0.4, 0.5) is 0 Å². The van der Waals surface area contributed by atoms with Crippen molar-refractivity contribution in [3.05, 3.63) is 34.0 Å². The highest BCUT2D eigenvalue weighted by Crippen LogP contribution is 2.09. The van der Waals surface area contributed by atoms with Gasteiger partial charge in [0.15, 0.2) is 5.03 Å². The number of hydrogen-bond acceptors (Lipinski definition) is 3. The van der Waals surface area contributed by atoms with E-state index in [1.165, 1.54) is 6.26 Å². The van der Waals surface area contributed by atoms with Gasteiger partial charge in [-0.15, -0.1) is 0 Å². The minimum atomic E-state index is -1.36. The lowest BCUT2D eigenvalue weighted by Crippen LogP contribution is -2.14. The Balaban J connectivity index is 2.89. The van der Waals surface area contributed by atoms with Gasteiger partial charge in [-0.1, -0.05) is 11.6 Å². The summed E-state index contributed by atoms with van der Waals surface area (Å²) in [6.07, 6.45) is 1.44. The molecule has 0 bridgehead atoms. The maximum absolute atomic E-state index is 11.8. The van der Waals surface area contributed by atoms with Crippen LogP contribution in [0.2, 0.25) is 0 Å². The fourth-order valence-electron chi connectivity index (χ4n) is 1.42. The van der Waals surface area contributed by atoms with Crippen molar-refractivity contribution in [3.8, 4) is 0 Å². The van der Waals surface area contributed by atoms with Crippen LogP contribution in [0, 0.1) is 6.92 Å². The van der Waals surface area contributed by atoms with Crippen molar-refractivity contribution in [2.24, 2.45) is 0 Å². The summed E-state index contributed by atoms with van der Waals surface area (Å²) in [6, 6.07) is 5.45. The van der Waals surface area contributed by atoms with Crippen LogP contribution in [0.25, 0.3) is 10.9 Å². The number of nitrogens with zero attached hydrogens (tertiary/aromatic N) is 1. The van der Waals surface area contributed by atoms with Crippen LogP contribution in [-0.2, 0) is 10.8 Å². The molecule has 0 spiro atoms. The highest BCUT2D eigenvalue weighted by atomic mass is 32.2. The molecular weight excluding hydrogens is 212 g/mol. The Kier molecular flexibility index (Phi) is 2.40. The number of hydrogen-bond donors (Lipinski definition) is 1. The molecular formula is C10H10N2O2S. The molecule has 0 saturated heterocycles. The van der Waals surface area contributed by atoms with Gasteiger partial charge in [0.25, 0.3) is 0 Å². The summed E-state index contributed by atoms with van der Waals surface area (Å²) in [5.74, 6) is 0. The summed E-state index contributed by atoms with van der Waals surface area (Å²) < 4.78 is 11.2. The van der Waals surface area contributed by atoms with E-state index in [2.05, 4.69) is 10.2 Å². The van der Waals surface area contributed by atoms with Crippen molar-refractivity contribution in [3.63, 3.8) is 0 Å². The smallest absolute Gasteiger partial charge is 0.224 e. The van der Waals surface area contributed by atoms with E-state index in [0.717, 1.165) is 5.56 Å². The van der Waals surface area contributed by atoms with E-state index in [4.69, 9.17) is 0 Å². The summed E-state index contributed by atoms with van der Waals surface area (Å²) >= 11 is 0. The van der Waals surface area contributed by atoms with E-state index < -0.39 is 10.8 Å². The van der Waals surface area contributed by atoms with Gasteiger partial charge in [-0.2, -0.15) is 5.10 Å². The first-order valence-corrected chi connectivity index (χ1v) is 5.98. The number of benzene rings is 1. The first kappa shape index (κ1) is 10.0. The number of nitrogens with one attached hydrogen (secondary N) is 1. The highest BCUT2D eigenvalue weighted by Gasteiger charge is 2.09. The zero-order valence-corrected chi connectivity index (χ0v) is 9.22. The molecule has 0 saturated carbocycles. The summed E-state index contributed by atoms with van der Waals surface area (Å²) in [4.78, 5) is 11.8. The van der Waals surface area contributed by atoms with Gasteiger partial charge in [0.2, 0.25) is 5.43 Å². The molecule has 0 radical (unpaired) electrons. The Morgan fingerprint density at radius 2 is 2.13 bits per heavy atom. The van der Waals surface area contributed by atoms with Gasteiger partial charge in [0, 0.05) is 6.26 Å². The minimum absolute atomic E-state index is 0.0769. The second kappa shape index (κ2) is 3.58. The molecule has 0 amide bonds. The second-order valence-corrected chi connectivity index (χ2v) is 4.66. The Bertz CT molecular complexity index is 604. The molecule has 1 aromatic carbocycles.